The summed E-state index contributed by atoms with van der Waals surface area (Å²) < 4.78 is 0. The van der Waals surface area contributed by atoms with Crippen LogP contribution in [0.25, 0.3) is 0 Å². The second-order valence-corrected chi connectivity index (χ2v) is 3.50. The van der Waals surface area contributed by atoms with Crippen molar-refractivity contribution in [3.8, 4) is 0 Å². The van der Waals surface area contributed by atoms with Crippen molar-refractivity contribution < 1.29 is 9.90 Å². The van der Waals surface area contributed by atoms with Crippen LogP contribution in [-0.2, 0) is 0 Å². The molecule has 0 aliphatic rings. The predicted octanol–water partition coefficient (Wildman–Crippen LogP) is 2.23. The first-order chi connectivity index (χ1) is 8.16. The van der Waals surface area contributed by atoms with Gasteiger partial charge in [-0.2, -0.15) is 0 Å². The van der Waals surface area contributed by atoms with Crippen molar-refractivity contribution in [2.45, 2.75) is 6.92 Å². The average molecular weight is 229 g/mol. The number of hydrogen-bond acceptors (Lipinski definition) is 4. The Bertz CT molecular complexity index is 541. The first-order valence-corrected chi connectivity index (χ1v) is 5.05. The maximum atomic E-state index is 10.8. The van der Waals surface area contributed by atoms with Gasteiger partial charge in [-0.1, -0.05) is 0 Å². The van der Waals surface area contributed by atoms with Crippen LogP contribution in [0.5, 0.6) is 0 Å². The highest BCUT2D eigenvalue weighted by molar-refractivity contribution is 5.89. The zero-order valence-corrected chi connectivity index (χ0v) is 9.21. The molecule has 0 spiro atoms. The number of nitrogens with one attached hydrogen (secondary N) is 1. The Morgan fingerprint density at radius 3 is 2.76 bits per heavy atom. The molecule has 86 valence electrons. The number of nitrogens with zero attached hydrogens (tertiary/aromatic N) is 2. The van der Waals surface area contributed by atoms with E-state index in [1.807, 2.05) is 6.07 Å². The maximum Gasteiger partial charge on any atom is 0.337 e. The van der Waals surface area contributed by atoms with E-state index in [0.717, 1.165) is 5.69 Å². The second kappa shape index (κ2) is 4.61. The van der Waals surface area contributed by atoms with E-state index in [9.17, 15) is 4.79 Å². The fourth-order valence-electron chi connectivity index (χ4n) is 1.44. The van der Waals surface area contributed by atoms with Crippen molar-refractivity contribution >= 4 is 17.5 Å². The monoisotopic (exact) mass is 229 g/mol. The molecule has 0 bridgehead atoms. The Balaban J connectivity index is 2.24. The molecule has 17 heavy (non-hydrogen) atoms. The summed E-state index contributed by atoms with van der Waals surface area (Å²) in [6.07, 6.45) is 3.35. The number of anilines is 2. The summed E-state index contributed by atoms with van der Waals surface area (Å²) in [5.74, 6) is -0.372. The molecule has 0 aromatic carbocycles. The highest BCUT2D eigenvalue weighted by atomic mass is 16.4. The standard InChI is InChI=1S/C12H11N3O2/c1-8-10(12(16)17)4-5-11(14-8)15-9-3-2-6-13-7-9/h2-7H,1H3,(H,14,15)(H,16,17). The fourth-order valence-corrected chi connectivity index (χ4v) is 1.44. The van der Waals surface area contributed by atoms with Crippen molar-refractivity contribution in [2.24, 2.45) is 0 Å². The summed E-state index contributed by atoms with van der Waals surface area (Å²) >= 11 is 0. The first-order valence-electron chi connectivity index (χ1n) is 5.05. The first kappa shape index (κ1) is 11.1. The van der Waals surface area contributed by atoms with Gasteiger partial charge in [0.15, 0.2) is 0 Å². The van der Waals surface area contributed by atoms with Gasteiger partial charge >= 0.3 is 5.97 Å². The molecule has 0 atom stereocenters. The minimum atomic E-state index is -0.970. The van der Waals surface area contributed by atoms with E-state index in [2.05, 4.69) is 15.3 Å². The van der Waals surface area contributed by atoms with Crippen LogP contribution in [0.3, 0.4) is 0 Å². The number of carbonyl (C=O) groups is 1. The zero-order valence-electron chi connectivity index (χ0n) is 9.21. The van der Waals surface area contributed by atoms with Crippen molar-refractivity contribution in [2.75, 3.05) is 5.32 Å². The van der Waals surface area contributed by atoms with E-state index in [-0.39, 0.29) is 5.56 Å². The molecular weight excluding hydrogens is 218 g/mol. The molecule has 0 saturated heterocycles. The van der Waals surface area contributed by atoms with Crippen molar-refractivity contribution in [1.82, 2.24) is 9.97 Å². The molecule has 2 rings (SSSR count). The zero-order chi connectivity index (χ0) is 12.3. The molecule has 5 nitrogen and oxygen atoms in total. The van der Waals surface area contributed by atoms with Crippen LogP contribution in [0.15, 0.2) is 36.7 Å². The molecule has 0 aliphatic carbocycles. The molecule has 0 radical (unpaired) electrons. The van der Waals surface area contributed by atoms with Gasteiger partial charge in [-0.15, -0.1) is 0 Å². The predicted molar refractivity (Wildman–Crippen MR) is 63.5 cm³/mol. The van der Waals surface area contributed by atoms with Crippen LogP contribution < -0.4 is 5.32 Å². The smallest absolute Gasteiger partial charge is 0.337 e. The molecule has 0 saturated carbocycles. The molecule has 2 aromatic heterocycles. The van der Waals surface area contributed by atoms with E-state index in [1.165, 1.54) is 6.07 Å². The van der Waals surface area contributed by atoms with Gasteiger partial charge in [0, 0.05) is 6.20 Å². The maximum absolute atomic E-state index is 10.8. The lowest BCUT2D eigenvalue weighted by atomic mass is 10.2. The summed E-state index contributed by atoms with van der Waals surface area (Å²) in [6, 6.07) is 6.82. The molecule has 0 aliphatic heterocycles. The Labute approximate surface area is 98.2 Å². The van der Waals surface area contributed by atoms with E-state index >= 15 is 0 Å². The SMILES string of the molecule is Cc1nc(Nc2cccnc2)ccc1C(=O)O. The Hall–Kier alpha value is -2.43. The highest BCUT2D eigenvalue weighted by Gasteiger charge is 2.08. The van der Waals surface area contributed by atoms with Crippen LogP contribution in [-0.4, -0.2) is 21.0 Å². The van der Waals surface area contributed by atoms with Crippen molar-refractivity contribution in [1.29, 1.82) is 0 Å². The highest BCUT2D eigenvalue weighted by Crippen LogP contribution is 2.15. The van der Waals surface area contributed by atoms with Crippen LogP contribution in [0.2, 0.25) is 0 Å². The number of carboxylic acids is 1. The molecule has 2 N–H and O–H groups in total. The van der Waals surface area contributed by atoms with E-state index < -0.39 is 5.97 Å². The van der Waals surface area contributed by atoms with Crippen LogP contribution >= 0.6 is 0 Å². The number of aromatic nitrogens is 2. The second-order valence-electron chi connectivity index (χ2n) is 3.50. The Kier molecular flexibility index (Phi) is 3.00. The largest absolute Gasteiger partial charge is 0.478 e. The number of hydrogen-bond donors (Lipinski definition) is 2. The van der Waals surface area contributed by atoms with Crippen LogP contribution in [0.1, 0.15) is 16.1 Å². The lowest BCUT2D eigenvalue weighted by Crippen LogP contribution is -2.03. The topological polar surface area (TPSA) is 75.1 Å². The minimum Gasteiger partial charge on any atom is -0.478 e. The summed E-state index contributed by atoms with van der Waals surface area (Å²) in [6.45, 7) is 1.66. The van der Waals surface area contributed by atoms with Gasteiger partial charge in [0.1, 0.15) is 5.82 Å². The Morgan fingerprint density at radius 1 is 1.35 bits per heavy atom. The van der Waals surface area contributed by atoms with Crippen LogP contribution in [0, 0.1) is 6.92 Å². The van der Waals surface area contributed by atoms with Crippen LogP contribution in [0.4, 0.5) is 11.5 Å². The summed E-state index contributed by atoms with van der Waals surface area (Å²) in [5, 5.41) is 11.9. The third kappa shape index (κ3) is 2.57. The summed E-state index contributed by atoms with van der Waals surface area (Å²) in [7, 11) is 0. The third-order valence-corrected chi connectivity index (χ3v) is 2.25. The molecule has 5 heteroatoms. The lowest BCUT2D eigenvalue weighted by Gasteiger charge is -2.06. The average Bonchev–Trinajstić information content (AvgIpc) is 2.30. The lowest BCUT2D eigenvalue weighted by molar-refractivity contribution is 0.0695. The van der Waals surface area contributed by atoms with E-state index in [0.29, 0.717) is 11.5 Å². The summed E-state index contributed by atoms with van der Waals surface area (Å²) in [5.41, 5.74) is 1.50. The molecule has 0 fully saturated rings. The third-order valence-electron chi connectivity index (χ3n) is 2.25. The van der Waals surface area contributed by atoms with Gasteiger partial charge in [0.25, 0.3) is 0 Å². The van der Waals surface area contributed by atoms with Gasteiger partial charge in [-0.05, 0) is 31.2 Å². The summed E-state index contributed by atoms with van der Waals surface area (Å²) in [4.78, 5) is 19.0. The van der Waals surface area contributed by atoms with Crippen molar-refractivity contribution in [3.63, 3.8) is 0 Å². The molecule has 2 heterocycles. The van der Waals surface area contributed by atoms with Gasteiger partial charge in [0.2, 0.25) is 0 Å². The molecular formula is C12H11N3O2. The number of aromatic carboxylic acids is 1. The molecule has 0 unspecified atom stereocenters. The van der Waals surface area contributed by atoms with Gasteiger partial charge in [-0.25, -0.2) is 9.78 Å². The fraction of sp³-hybridized carbons (Fsp3) is 0.0833. The van der Waals surface area contributed by atoms with Gasteiger partial charge < -0.3 is 10.4 Å². The Morgan fingerprint density at radius 2 is 2.18 bits per heavy atom. The number of pyridine rings is 2. The minimum absolute atomic E-state index is 0.210. The van der Waals surface area contributed by atoms with Gasteiger partial charge in [0.05, 0.1) is 23.1 Å². The van der Waals surface area contributed by atoms with Crippen molar-refractivity contribution in [3.05, 3.63) is 47.9 Å². The van der Waals surface area contributed by atoms with E-state index in [4.69, 9.17) is 5.11 Å². The number of aryl methyl sites for hydroxylation is 1. The normalized spacial score (nSPS) is 9.94. The number of carboxylic acid groups (broad SMARTS) is 1. The van der Waals surface area contributed by atoms with Gasteiger partial charge in [-0.3, -0.25) is 4.98 Å². The van der Waals surface area contributed by atoms with E-state index in [1.54, 1.807) is 31.5 Å². The number of rotatable bonds is 3. The molecule has 0 amide bonds. The molecule has 2 aromatic rings. The quantitative estimate of drug-likeness (QED) is 0.844.